The summed E-state index contributed by atoms with van der Waals surface area (Å²) in [4.78, 5) is 0.300. The van der Waals surface area contributed by atoms with Crippen molar-refractivity contribution in [1.29, 1.82) is 0 Å². The van der Waals surface area contributed by atoms with Gasteiger partial charge in [-0.3, -0.25) is 4.31 Å². The van der Waals surface area contributed by atoms with E-state index in [-0.39, 0.29) is 0 Å². The van der Waals surface area contributed by atoms with Gasteiger partial charge in [0.15, 0.2) is 0 Å². The van der Waals surface area contributed by atoms with Crippen LogP contribution in [0.4, 0.5) is 5.82 Å². The van der Waals surface area contributed by atoms with Crippen molar-refractivity contribution in [1.82, 2.24) is 4.57 Å². The van der Waals surface area contributed by atoms with E-state index in [1.165, 1.54) is 4.31 Å². The van der Waals surface area contributed by atoms with Crippen LogP contribution in [0.15, 0.2) is 52.0 Å². The normalized spacial score (nSPS) is 11.6. The second kappa shape index (κ2) is 6.66. The van der Waals surface area contributed by atoms with Crippen molar-refractivity contribution in [2.45, 2.75) is 24.7 Å². The van der Waals surface area contributed by atoms with Gasteiger partial charge >= 0.3 is 0 Å². The molecule has 0 amide bonds. The van der Waals surface area contributed by atoms with E-state index in [0.717, 1.165) is 17.3 Å². The first-order valence-corrected chi connectivity index (χ1v) is 9.09. The molecule has 4 nitrogen and oxygen atoms in total. The lowest BCUT2D eigenvalue weighted by atomic mass is 10.3. The summed E-state index contributed by atoms with van der Waals surface area (Å²) in [6.07, 6.45) is 3.61. The maximum Gasteiger partial charge on any atom is 0.265 e. The molecule has 1 heterocycles. The molecule has 0 fully saturated rings. The number of hydrogen-bond donors (Lipinski definition) is 0. The van der Waals surface area contributed by atoms with Gasteiger partial charge in [-0.05, 0) is 36.8 Å². The lowest BCUT2D eigenvalue weighted by Gasteiger charge is -2.24. The fraction of sp³-hybridized carbons (Fsp3) is 0.333. The third-order valence-corrected chi connectivity index (χ3v) is 5.56. The first-order chi connectivity index (χ1) is 9.96. The number of benzene rings is 1. The largest absolute Gasteiger partial charge is 0.337 e. The van der Waals surface area contributed by atoms with E-state index >= 15 is 0 Å². The summed E-state index contributed by atoms with van der Waals surface area (Å²) in [5.41, 5.74) is 0. The van der Waals surface area contributed by atoms with Crippen LogP contribution in [0.5, 0.6) is 0 Å². The molecule has 2 rings (SSSR count). The quantitative estimate of drug-likeness (QED) is 0.776. The fourth-order valence-electron chi connectivity index (χ4n) is 2.13. The van der Waals surface area contributed by atoms with E-state index in [1.807, 2.05) is 36.0 Å². The van der Waals surface area contributed by atoms with Gasteiger partial charge in [0.25, 0.3) is 10.0 Å². The summed E-state index contributed by atoms with van der Waals surface area (Å²) < 4.78 is 29.9. The Bertz CT molecular complexity index is 710. The summed E-state index contributed by atoms with van der Waals surface area (Å²) >= 11 is 3.33. The van der Waals surface area contributed by atoms with Crippen LogP contribution < -0.4 is 4.31 Å². The Morgan fingerprint density at radius 2 is 2.00 bits per heavy atom. The average molecular weight is 371 g/mol. The maximum absolute atomic E-state index is 12.9. The van der Waals surface area contributed by atoms with Crippen LogP contribution in [0.2, 0.25) is 0 Å². The Morgan fingerprint density at radius 1 is 1.24 bits per heavy atom. The molecular formula is C15H19BrN2O2S. The second-order valence-corrected chi connectivity index (χ2v) is 7.64. The molecule has 0 radical (unpaired) electrons. The standard InChI is InChI=1S/C15H19BrN2O2S/c1-3-4-11-18(15-9-6-10-17(15)2)21(19,20)14-8-5-7-13(16)12-14/h5-10,12H,3-4,11H2,1-2H3. The molecule has 0 aliphatic heterocycles. The minimum absolute atomic E-state index is 0.300. The molecular weight excluding hydrogens is 352 g/mol. The van der Waals surface area contributed by atoms with E-state index in [1.54, 1.807) is 18.2 Å². The van der Waals surface area contributed by atoms with E-state index in [4.69, 9.17) is 0 Å². The molecule has 0 atom stereocenters. The Balaban J connectivity index is 2.47. The Hall–Kier alpha value is -1.27. The number of sulfonamides is 1. The van der Waals surface area contributed by atoms with E-state index in [9.17, 15) is 8.42 Å². The molecule has 0 saturated heterocycles. The predicted octanol–water partition coefficient (Wildman–Crippen LogP) is 3.78. The van der Waals surface area contributed by atoms with Crippen LogP contribution in [0.1, 0.15) is 19.8 Å². The highest BCUT2D eigenvalue weighted by atomic mass is 79.9. The highest BCUT2D eigenvalue weighted by molar-refractivity contribution is 9.10. The summed E-state index contributed by atoms with van der Waals surface area (Å²) in [7, 11) is -1.71. The van der Waals surface area contributed by atoms with Gasteiger partial charge in [0, 0.05) is 24.3 Å². The number of nitrogens with zero attached hydrogens (tertiary/aromatic N) is 2. The van der Waals surface area contributed by atoms with Crippen LogP contribution in [-0.2, 0) is 17.1 Å². The molecule has 114 valence electrons. The van der Waals surface area contributed by atoms with Crippen LogP contribution in [0.25, 0.3) is 0 Å². The average Bonchev–Trinajstić information content (AvgIpc) is 2.85. The third kappa shape index (κ3) is 3.49. The molecule has 0 unspecified atom stereocenters. The van der Waals surface area contributed by atoms with E-state index < -0.39 is 10.0 Å². The molecule has 0 aliphatic carbocycles. The van der Waals surface area contributed by atoms with E-state index in [0.29, 0.717) is 17.3 Å². The van der Waals surface area contributed by atoms with Gasteiger partial charge in [-0.25, -0.2) is 8.42 Å². The van der Waals surface area contributed by atoms with Crippen molar-refractivity contribution >= 4 is 31.8 Å². The Kier molecular flexibility index (Phi) is 5.11. The molecule has 0 saturated carbocycles. The van der Waals surface area contributed by atoms with Crippen molar-refractivity contribution < 1.29 is 8.42 Å². The van der Waals surface area contributed by atoms with Crippen molar-refractivity contribution in [3.8, 4) is 0 Å². The Labute approximate surface area is 134 Å². The molecule has 6 heteroatoms. The zero-order valence-electron chi connectivity index (χ0n) is 12.2. The molecule has 1 aromatic carbocycles. The topological polar surface area (TPSA) is 42.3 Å². The molecule has 2 aromatic rings. The van der Waals surface area contributed by atoms with E-state index in [2.05, 4.69) is 22.9 Å². The van der Waals surface area contributed by atoms with Crippen molar-refractivity contribution in [3.05, 3.63) is 47.1 Å². The lowest BCUT2D eigenvalue weighted by molar-refractivity contribution is 0.587. The highest BCUT2D eigenvalue weighted by Gasteiger charge is 2.26. The zero-order valence-corrected chi connectivity index (χ0v) is 14.6. The molecule has 0 aliphatic rings. The van der Waals surface area contributed by atoms with Gasteiger partial charge in [-0.15, -0.1) is 0 Å². The molecule has 0 bridgehead atoms. The minimum Gasteiger partial charge on any atom is -0.337 e. The van der Waals surface area contributed by atoms with Crippen LogP contribution >= 0.6 is 15.9 Å². The second-order valence-electron chi connectivity index (χ2n) is 4.87. The molecule has 21 heavy (non-hydrogen) atoms. The number of unbranched alkanes of at least 4 members (excludes halogenated alkanes) is 1. The number of aromatic nitrogens is 1. The van der Waals surface area contributed by atoms with Gasteiger partial charge in [0.05, 0.1) is 4.90 Å². The van der Waals surface area contributed by atoms with Crippen molar-refractivity contribution in [2.24, 2.45) is 7.05 Å². The first-order valence-electron chi connectivity index (χ1n) is 6.86. The van der Waals surface area contributed by atoms with Crippen LogP contribution in [-0.4, -0.2) is 19.5 Å². The summed E-state index contributed by atoms with van der Waals surface area (Å²) in [5, 5.41) is 0. The number of halogens is 1. The fourth-order valence-corrected chi connectivity index (χ4v) is 4.26. The third-order valence-electron chi connectivity index (χ3n) is 3.27. The van der Waals surface area contributed by atoms with Gasteiger partial charge in [-0.2, -0.15) is 0 Å². The number of anilines is 1. The van der Waals surface area contributed by atoms with Crippen molar-refractivity contribution in [2.75, 3.05) is 10.8 Å². The summed E-state index contributed by atoms with van der Waals surface area (Å²) in [5.74, 6) is 0.684. The number of aryl methyl sites for hydroxylation is 1. The maximum atomic E-state index is 12.9. The summed E-state index contributed by atoms with van der Waals surface area (Å²) in [6.45, 7) is 2.53. The van der Waals surface area contributed by atoms with Crippen LogP contribution in [0.3, 0.4) is 0 Å². The Morgan fingerprint density at radius 3 is 2.57 bits per heavy atom. The number of rotatable bonds is 6. The van der Waals surface area contributed by atoms with Crippen LogP contribution in [0, 0.1) is 0 Å². The molecule has 1 aromatic heterocycles. The minimum atomic E-state index is -3.56. The van der Waals surface area contributed by atoms with Gasteiger partial charge < -0.3 is 4.57 Å². The predicted molar refractivity (Wildman–Crippen MR) is 89.0 cm³/mol. The van der Waals surface area contributed by atoms with Crippen molar-refractivity contribution in [3.63, 3.8) is 0 Å². The monoisotopic (exact) mass is 370 g/mol. The molecule has 0 spiro atoms. The zero-order chi connectivity index (χ0) is 15.5. The SMILES string of the molecule is CCCCN(c1cccn1C)S(=O)(=O)c1cccc(Br)c1. The number of hydrogen-bond acceptors (Lipinski definition) is 2. The summed E-state index contributed by atoms with van der Waals surface area (Å²) in [6, 6.07) is 10.5. The van der Waals surface area contributed by atoms with Gasteiger partial charge in [0.2, 0.25) is 0 Å². The van der Waals surface area contributed by atoms with Gasteiger partial charge in [0.1, 0.15) is 5.82 Å². The lowest BCUT2D eigenvalue weighted by Crippen LogP contribution is -2.33. The highest BCUT2D eigenvalue weighted by Crippen LogP contribution is 2.26. The first kappa shape index (κ1) is 16.1. The molecule has 0 N–H and O–H groups in total. The smallest absolute Gasteiger partial charge is 0.265 e. The van der Waals surface area contributed by atoms with Gasteiger partial charge in [-0.1, -0.05) is 35.3 Å².